The van der Waals surface area contributed by atoms with Crippen LogP contribution in [0.2, 0.25) is 0 Å². The summed E-state index contributed by atoms with van der Waals surface area (Å²) in [6.07, 6.45) is 2.70. The molecule has 1 fully saturated rings. The molecule has 2 N–H and O–H groups in total. The van der Waals surface area contributed by atoms with Gasteiger partial charge in [0, 0.05) is 12.1 Å². The van der Waals surface area contributed by atoms with E-state index >= 15 is 0 Å². The largest absolute Gasteiger partial charge is 0.486 e. The zero-order valence-corrected chi connectivity index (χ0v) is 9.98. The molecule has 0 amide bonds. The molecule has 1 saturated carbocycles. The lowest BCUT2D eigenvalue weighted by atomic mass is 10.2. The van der Waals surface area contributed by atoms with Crippen LogP contribution in [0.3, 0.4) is 0 Å². The van der Waals surface area contributed by atoms with Crippen LogP contribution < -0.4 is 10.5 Å². The number of rotatable bonds is 3. The number of ether oxygens (including phenoxy) is 1. The summed E-state index contributed by atoms with van der Waals surface area (Å²) in [4.78, 5) is 10.3. The Balaban J connectivity index is 1.98. The van der Waals surface area contributed by atoms with Crippen LogP contribution >= 0.6 is 0 Å². The summed E-state index contributed by atoms with van der Waals surface area (Å²) in [5.74, 6) is 0.421. The topological polar surface area (TPSA) is 117 Å². The molecule has 0 bridgehead atoms. The van der Waals surface area contributed by atoms with Crippen LogP contribution in [0.5, 0.6) is 5.75 Å². The predicted octanol–water partition coefficient (Wildman–Crippen LogP) is 1.39. The number of nitrogens with zero attached hydrogens (tertiary/aromatic N) is 3. The van der Waals surface area contributed by atoms with Crippen LogP contribution in [0.4, 0.5) is 5.69 Å². The Labute approximate surface area is 107 Å². The molecule has 0 spiro atoms. The van der Waals surface area contributed by atoms with Crippen molar-refractivity contribution in [3.8, 4) is 5.75 Å². The highest BCUT2D eigenvalue weighted by Gasteiger charge is 2.28. The summed E-state index contributed by atoms with van der Waals surface area (Å²) < 4.78 is 10.4. The van der Waals surface area contributed by atoms with E-state index in [4.69, 9.17) is 10.5 Å². The van der Waals surface area contributed by atoms with E-state index in [-0.39, 0.29) is 28.9 Å². The van der Waals surface area contributed by atoms with Gasteiger partial charge in [-0.15, -0.1) is 0 Å². The average Bonchev–Trinajstić information content (AvgIpc) is 2.99. The van der Waals surface area contributed by atoms with Crippen LogP contribution in [0.1, 0.15) is 19.3 Å². The average molecular weight is 264 g/mol. The van der Waals surface area contributed by atoms with E-state index in [0.717, 1.165) is 19.3 Å². The van der Waals surface area contributed by atoms with Crippen LogP contribution in [0.15, 0.2) is 16.8 Å². The second kappa shape index (κ2) is 4.47. The number of hydrogen-bond acceptors (Lipinski definition) is 7. The zero-order valence-electron chi connectivity index (χ0n) is 9.98. The van der Waals surface area contributed by atoms with E-state index in [1.165, 1.54) is 12.1 Å². The molecule has 0 saturated heterocycles. The van der Waals surface area contributed by atoms with Gasteiger partial charge >= 0.3 is 5.69 Å². The Bertz CT molecular complexity index is 626. The van der Waals surface area contributed by atoms with Crippen LogP contribution in [0, 0.1) is 10.1 Å². The number of fused-ring (bicyclic) bond motifs is 1. The minimum absolute atomic E-state index is 0.0231. The molecule has 19 heavy (non-hydrogen) atoms. The maximum absolute atomic E-state index is 10.9. The highest BCUT2D eigenvalue weighted by atomic mass is 16.6. The number of benzene rings is 1. The fraction of sp³-hybridized carbons (Fsp3) is 0.455. The molecular weight excluding hydrogens is 252 g/mol. The van der Waals surface area contributed by atoms with Crippen molar-refractivity contribution >= 4 is 16.7 Å². The van der Waals surface area contributed by atoms with Gasteiger partial charge in [-0.05, 0) is 35.6 Å². The molecule has 1 aliphatic carbocycles. The lowest BCUT2D eigenvalue weighted by Crippen LogP contribution is -2.33. The molecular formula is C11H12N4O4. The number of nitro groups is 1. The molecule has 1 aromatic carbocycles. The fourth-order valence-electron chi connectivity index (χ4n) is 2.34. The molecule has 2 atom stereocenters. The van der Waals surface area contributed by atoms with Crippen molar-refractivity contribution < 1.29 is 14.3 Å². The van der Waals surface area contributed by atoms with Gasteiger partial charge in [-0.2, -0.15) is 0 Å². The number of non-ortho nitro benzene ring substituents is 1. The van der Waals surface area contributed by atoms with Crippen molar-refractivity contribution in [1.82, 2.24) is 10.3 Å². The van der Waals surface area contributed by atoms with Crippen LogP contribution in [-0.4, -0.2) is 27.4 Å². The van der Waals surface area contributed by atoms with Gasteiger partial charge in [0.15, 0.2) is 11.3 Å². The maximum Gasteiger partial charge on any atom is 0.301 e. The number of hydrogen-bond donors (Lipinski definition) is 1. The smallest absolute Gasteiger partial charge is 0.301 e. The van der Waals surface area contributed by atoms with E-state index in [1.54, 1.807) is 0 Å². The van der Waals surface area contributed by atoms with Crippen LogP contribution in [0.25, 0.3) is 11.0 Å². The summed E-state index contributed by atoms with van der Waals surface area (Å²) in [6, 6.07) is 2.82. The van der Waals surface area contributed by atoms with Crippen molar-refractivity contribution in [1.29, 1.82) is 0 Å². The first kappa shape index (κ1) is 11.8. The third kappa shape index (κ3) is 1.99. The summed E-state index contributed by atoms with van der Waals surface area (Å²) >= 11 is 0. The van der Waals surface area contributed by atoms with Gasteiger partial charge in [-0.25, -0.2) is 4.63 Å². The lowest BCUT2D eigenvalue weighted by Gasteiger charge is -2.17. The first-order chi connectivity index (χ1) is 9.16. The molecule has 0 radical (unpaired) electrons. The SMILES string of the molecule is NC1CCCC1Oc1ccc([N+](=O)[O-])c2nonc12. The Kier molecular flexibility index (Phi) is 2.79. The maximum atomic E-state index is 10.9. The highest BCUT2D eigenvalue weighted by molar-refractivity contribution is 5.88. The first-order valence-corrected chi connectivity index (χ1v) is 5.98. The van der Waals surface area contributed by atoms with Crippen molar-refractivity contribution in [3.05, 3.63) is 22.2 Å². The summed E-state index contributed by atoms with van der Waals surface area (Å²) in [7, 11) is 0. The second-order valence-corrected chi connectivity index (χ2v) is 4.55. The highest BCUT2D eigenvalue weighted by Crippen LogP contribution is 2.32. The Morgan fingerprint density at radius 2 is 2.16 bits per heavy atom. The summed E-state index contributed by atoms with van der Waals surface area (Å²) in [6.45, 7) is 0. The fourth-order valence-corrected chi connectivity index (χ4v) is 2.34. The third-order valence-electron chi connectivity index (χ3n) is 3.34. The minimum atomic E-state index is -0.530. The third-order valence-corrected chi connectivity index (χ3v) is 3.34. The molecule has 3 rings (SSSR count). The van der Waals surface area contributed by atoms with Gasteiger partial charge in [-0.3, -0.25) is 10.1 Å². The molecule has 8 nitrogen and oxygen atoms in total. The van der Waals surface area contributed by atoms with Gasteiger partial charge in [0.2, 0.25) is 5.52 Å². The first-order valence-electron chi connectivity index (χ1n) is 5.98. The molecule has 1 heterocycles. The Morgan fingerprint density at radius 3 is 2.84 bits per heavy atom. The molecule has 1 aromatic heterocycles. The van der Waals surface area contributed by atoms with Gasteiger partial charge in [0.25, 0.3) is 0 Å². The Hall–Kier alpha value is -2.22. The van der Waals surface area contributed by atoms with E-state index in [9.17, 15) is 10.1 Å². The van der Waals surface area contributed by atoms with E-state index in [0.29, 0.717) is 5.75 Å². The van der Waals surface area contributed by atoms with Gasteiger partial charge in [0.1, 0.15) is 6.10 Å². The number of nitrogens with two attached hydrogens (primary N) is 1. The van der Waals surface area contributed by atoms with Crippen molar-refractivity contribution in [2.45, 2.75) is 31.4 Å². The van der Waals surface area contributed by atoms with E-state index in [2.05, 4.69) is 14.9 Å². The Morgan fingerprint density at radius 1 is 1.37 bits per heavy atom. The van der Waals surface area contributed by atoms with Gasteiger partial charge < -0.3 is 10.5 Å². The molecule has 2 aromatic rings. The molecule has 0 aliphatic heterocycles. The van der Waals surface area contributed by atoms with Crippen molar-refractivity contribution in [2.75, 3.05) is 0 Å². The minimum Gasteiger partial charge on any atom is -0.486 e. The van der Waals surface area contributed by atoms with Crippen LogP contribution in [-0.2, 0) is 0 Å². The second-order valence-electron chi connectivity index (χ2n) is 4.55. The lowest BCUT2D eigenvalue weighted by molar-refractivity contribution is -0.383. The molecule has 100 valence electrons. The molecule has 2 unspecified atom stereocenters. The molecule has 1 aliphatic rings. The number of aromatic nitrogens is 2. The summed E-state index contributed by atoms with van der Waals surface area (Å²) in [5.41, 5.74) is 6.13. The normalized spacial score (nSPS) is 22.8. The number of nitro benzene ring substituents is 1. The quantitative estimate of drug-likeness (QED) is 0.657. The van der Waals surface area contributed by atoms with E-state index in [1.807, 2.05) is 0 Å². The van der Waals surface area contributed by atoms with Gasteiger partial charge in [0.05, 0.1) is 4.92 Å². The zero-order chi connectivity index (χ0) is 13.4. The van der Waals surface area contributed by atoms with Gasteiger partial charge in [-0.1, -0.05) is 0 Å². The predicted molar refractivity (Wildman–Crippen MR) is 64.7 cm³/mol. The van der Waals surface area contributed by atoms with Crippen molar-refractivity contribution in [3.63, 3.8) is 0 Å². The monoisotopic (exact) mass is 264 g/mol. The van der Waals surface area contributed by atoms with Crippen molar-refractivity contribution in [2.24, 2.45) is 5.73 Å². The standard InChI is InChI=1S/C11H12N4O4/c12-6-2-1-3-8(6)18-9-5-4-7(15(16)17)10-11(9)14-19-13-10/h4-6,8H,1-3,12H2. The molecule has 8 heteroatoms. The van der Waals surface area contributed by atoms with E-state index < -0.39 is 4.92 Å². The summed E-state index contributed by atoms with van der Waals surface area (Å²) in [5, 5.41) is 18.1.